The van der Waals surface area contributed by atoms with Crippen molar-refractivity contribution in [2.75, 3.05) is 13.7 Å². The second-order valence-corrected chi connectivity index (χ2v) is 3.92. The number of carbonyl (C=O) groups excluding carboxylic acids is 2. The van der Waals surface area contributed by atoms with Gasteiger partial charge in [-0.25, -0.2) is 4.79 Å². The highest BCUT2D eigenvalue weighted by atomic mass is 16.7. The Hall–Kier alpha value is -1.36. The number of rotatable bonds is 5. The predicted molar refractivity (Wildman–Crippen MR) is 60.0 cm³/mol. The number of methoxy groups -OCH3 is 1. The van der Waals surface area contributed by atoms with E-state index in [2.05, 4.69) is 16.9 Å². The molecule has 0 saturated carbocycles. The van der Waals surface area contributed by atoms with E-state index < -0.39 is 18.2 Å². The highest BCUT2D eigenvalue weighted by Crippen LogP contribution is 2.18. The maximum Gasteiger partial charge on any atom is 0.376 e. The number of allylic oxidation sites excluding steroid dienone is 1. The van der Waals surface area contributed by atoms with Crippen molar-refractivity contribution in [3.05, 3.63) is 12.2 Å². The summed E-state index contributed by atoms with van der Waals surface area (Å²) in [5.41, 5.74) is 0. The monoisotopic (exact) mass is 242 g/mol. The topological polar surface area (TPSA) is 61.8 Å². The van der Waals surface area contributed by atoms with Crippen LogP contribution in [0.1, 0.15) is 26.2 Å². The molecule has 1 aliphatic carbocycles. The minimum atomic E-state index is -1.26. The molecule has 0 saturated heterocycles. The van der Waals surface area contributed by atoms with Crippen LogP contribution in [0, 0.1) is 5.92 Å². The number of carbonyl (C=O) groups is 2. The van der Waals surface area contributed by atoms with Gasteiger partial charge in [0.2, 0.25) is 0 Å². The van der Waals surface area contributed by atoms with Gasteiger partial charge in [0, 0.05) is 12.8 Å². The Morgan fingerprint density at radius 2 is 2.24 bits per heavy atom. The molecule has 0 N–H and O–H groups in total. The standard InChI is InChI=1S/C12H18O5/c1-9(13)17-12(11(14)15-2)16-8-10-6-4-3-5-7-10/h4,6,10,12H,3,5,7-8H2,1-2H3. The van der Waals surface area contributed by atoms with Crippen LogP contribution in [-0.4, -0.2) is 31.9 Å². The van der Waals surface area contributed by atoms with E-state index in [1.54, 1.807) is 0 Å². The fourth-order valence-corrected chi connectivity index (χ4v) is 1.63. The Bertz CT molecular complexity index is 297. The smallest absolute Gasteiger partial charge is 0.376 e. The molecular weight excluding hydrogens is 224 g/mol. The first-order valence-electron chi connectivity index (χ1n) is 5.66. The zero-order valence-corrected chi connectivity index (χ0v) is 10.2. The highest BCUT2D eigenvalue weighted by Gasteiger charge is 2.24. The van der Waals surface area contributed by atoms with E-state index in [9.17, 15) is 9.59 Å². The van der Waals surface area contributed by atoms with E-state index in [0.29, 0.717) is 6.61 Å². The molecule has 2 unspecified atom stereocenters. The van der Waals surface area contributed by atoms with Crippen molar-refractivity contribution in [3.8, 4) is 0 Å². The Balaban J connectivity index is 2.42. The van der Waals surface area contributed by atoms with Gasteiger partial charge in [-0.2, -0.15) is 0 Å². The third-order valence-corrected chi connectivity index (χ3v) is 2.48. The van der Waals surface area contributed by atoms with Gasteiger partial charge in [-0.05, 0) is 19.3 Å². The minimum Gasteiger partial charge on any atom is -0.464 e. The van der Waals surface area contributed by atoms with E-state index >= 15 is 0 Å². The fraction of sp³-hybridized carbons (Fsp3) is 0.667. The third kappa shape index (κ3) is 4.99. The van der Waals surface area contributed by atoms with Gasteiger partial charge in [-0.3, -0.25) is 4.79 Å². The molecule has 0 bridgehead atoms. The molecule has 0 aromatic rings. The maximum atomic E-state index is 11.3. The van der Waals surface area contributed by atoms with Crippen LogP contribution in [0.5, 0.6) is 0 Å². The Labute approximate surface area is 101 Å². The van der Waals surface area contributed by atoms with Crippen LogP contribution >= 0.6 is 0 Å². The molecule has 1 aliphatic rings. The second-order valence-electron chi connectivity index (χ2n) is 3.92. The van der Waals surface area contributed by atoms with E-state index in [4.69, 9.17) is 9.47 Å². The molecule has 5 nitrogen and oxygen atoms in total. The third-order valence-electron chi connectivity index (χ3n) is 2.48. The number of ether oxygens (including phenoxy) is 3. The van der Waals surface area contributed by atoms with Crippen molar-refractivity contribution < 1.29 is 23.8 Å². The largest absolute Gasteiger partial charge is 0.464 e. The summed E-state index contributed by atoms with van der Waals surface area (Å²) >= 11 is 0. The summed E-state index contributed by atoms with van der Waals surface area (Å²) in [4.78, 5) is 22.1. The van der Waals surface area contributed by atoms with Crippen molar-refractivity contribution in [2.45, 2.75) is 32.5 Å². The van der Waals surface area contributed by atoms with Crippen molar-refractivity contribution in [3.63, 3.8) is 0 Å². The molecule has 0 spiro atoms. The van der Waals surface area contributed by atoms with Gasteiger partial charge < -0.3 is 14.2 Å². The normalized spacial score (nSPS) is 20.7. The van der Waals surface area contributed by atoms with E-state index in [0.717, 1.165) is 19.3 Å². The quantitative estimate of drug-likeness (QED) is 0.414. The summed E-state index contributed by atoms with van der Waals surface area (Å²) in [6.07, 6.45) is 6.11. The average Bonchev–Trinajstić information content (AvgIpc) is 2.34. The lowest BCUT2D eigenvalue weighted by Crippen LogP contribution is -2.32. The molecule has 17 heavy (non-hydrogen) atoms. The van der Waals surface area contributed by atoms with Crippen molar-refractivity contribution >= 4 is 11.9 Å². The molecule has 0 heterocycles. The molecule has 96 valence electrons. The first-order valence-corrected chi connectivity index (χ1v) is 5.66. The highest BCUT2D eigenvalue weighted by molar-refractivity contribution is 5.77. The zero-order chi connectivity index (χ0) is 12.7. The van der Waals surface area contributed by atoms with Gasteiger partial charge in [0.15, 0.2) is 0 Å². The lowest BCUT2D eigenvalue weighted by atomic mass is 9.97. The Kier molecular flexibility index (Phi) is 5.69. The van der Waals surface area contributed by atoms with Gasteiger partial charge in [-0.1, -0.05) is 12.2 Å². The Morgan fingerprint density at radius 1 is 1.47 bits per heavy atom. The SMILES string of the molecule is COC(=O)C(OCC1C=CCCC1)OC(C)=O. The van der Waals surface area contributed by atoms with Gasteiger partial charge in [0.1, 0.15) is 0 Å². The first-order chi connectivity index (χ1) is 8.13. The van der Waals surface area contributed by atoms with Crippen LogP contribution in [-0.2, 0) is 23.8 Å². The summed E-state index contributed by atoms with van der Waals surface area (Å²) in [5.74, 6) is -0.994. The lowest BCUT2D eigenvalue weighted by molar-refractivity contribution is -0.199. The van der Waals surface area contributed by atoms with Gasteiger partial charge >= 0.3 is 18.2 Å². The molecule has 0 aromatic carbocycles. The molecule has 0 amide bonds. The summed E-state index contributed by atoms with van der Waals surface area (Å²) in [7, 11) is 1.22. The van der Waals surface area contributed by atoms with Crippen LogP contribution in [0.25, 0.3) is 0 Å². The van der Waals surface area contributed by atoms with E-state index in [1.165, 1.54) is 14.0 Å². The minimum absolute atomic E-state index is 0.270. The van der Waals surface area contributed by atoms with Gasteiger partial charge in [0.05, 0.1) is 13.7 Å². The molecule has 2 atom stereocenters. The van der Waals surface area contributed by atoms with Crippen LogP contribution in [0.15, 0.2) is 12.2 Å². The molecule has 1 rings (SSSR count). The number of hydrogen-bond acceptors (Lipinski definition) is 5. The lowest BCUT2D eigenvalue weighted by Gasteiger charge is -2.20. The molecule has 0 aliphatic heterocycles. The average molecular weight is 242 g/mol. The molecule has 0 radical (unpaired) electrons. The predicted octanol–water partition coefficient (Wildman–Crippen LogP) is 1.42. The van der Waals surface area contributed by atoms with Gasteiger partial charge in [-0.15, -0.1) is 0 Å². The van der Waals surface area contributed by atoms with Crippen molar-refractivity contribution in [1.82, 2.24) is 0 Å². The Morgan fingerprint density at radius 3 is 2.76 bits per heavy atom. The summed E-state index contributed by atoms with van der Waals surface area (Å²) in [5, 5.41) is 0. The van der Waals surface area contributed by atoms with Crippen LogP contribution in [0.2, 0.25) is 0 Å². The van der Waals surface area contributed by atoms with Crippen LogP contribution < -0.4 is 0 Å². The summed E-state index contributed by atoms with van der Waals surface area (Å²) in [6.45, 7) is 1.57. The first kappa shape index (κ1) is 13.7. The number of esters is 2. The summed E-state index contributed by atoms with van der Waals surface area (Å²) in [6, 6.07) is 0. The molecular formula is C12H18O5. The van der Waals surface area contributed by atoms with E-state index in [1.807, 2.05) is 0 Å². The van der Waals surface area contributed by atoms with Crippen LogP contribution in [0.4, 0.5) is 0 Å². The van der Waals surface area contributed by atoms with Crippen molar-refractivity contribution in [2.24, 2.45) is 5.92 Å². The second kappa shape index (κ2) is 7.06. The number of hydrogen-bond donors (Lipinski definition) is 0. The van der Waals surface area contributed by atoms with E-state index in [-0.39, 0.29) is 5.92 Å². The van der Waals surface area contributed by atoms with Crippen LogP contribution in [0.3, 0.4) is 0 Å². The van der Waals surface area contributed by atoms with Gasteiger partial charge in [0.25, 0.3) is 0 Å². The molecule has 5 heteroatoms. The molecule has 0 aromatic heterocycles. The maximum absolute atomic E-state index is 11.3. The molecule has 0 fully saturated rings. The van der Waals surface area contributed by atoms with Crippen molar-refractivity contribution in [1.29, 1.82) is 0 Å². The summed E-state index contributed by atoms with van der Waals surface area (Å²) < 4.78 is 14.5. The zero-order valence-electron chi connectivity index (χ0n) is 10.2. The fourth-order valence-electron chi connectivity index (χ4n) is 1.63.